The van der Waals surface area contributed by atoms with Crippen LogP contribution in [0.25, 0.3) is 0 Å². The van der Waals surface area contributed by atoms with Crippen LogP contribution in [0.4, 0.5) is 0 Å². The molecule has 0 aliphatic carbocycles. The van der Waals surface area contributed by atoms with Gasteiger partial charge in [-0.2, -0.15) is 23.5 Å². The minimum absolute atomic E-state index is 0. The average molecular weight is 557 g/mol. The SMILES string of the molecule is O=P([O-])([O-])[O-].O=P([O-])([O-])[O-].O=P([O-])([O-])[O-].[Ta+5].[Zr+4]. The summed E-state index contributed by atoms with van der Waals surface area (Å²) in [4.78, 5) is 76.9. The van der Waals surface area contributed by atoms with Gasteiger partial charge in [-0.1, -0.05) is 0 Å². The Kier molecular flexibility index (Phi) is 23.9. The zero-order valence-electron chi connectivity index (χ0n) is 7.19. The summed E-state index contributed by atoms with van der Waals surface area (Å²) in [6.07, 6.45) is 0. The first-order valence-electron chi connectivity index (χ1n) is 2.19. The Morgan fingerprint density at radius 2 is 0.471 bits per heavy atom. The normalized spacial score (nSPS) is 10.4. The minimum Gasteiger partial charge on any atom is -0.822 e. The summed E-state index contributed by atoms with van der Waals surface area (Å²) in [7, 11) is -16.2. The molecule has 0 rings (SSSR count). The van der Waals surface area contributed by atoms with E-state index in [-0.39, 0.29) is 48.6 Å². The van der Waals surface area contributed by atoms with Gasteiger partial charge in [0.05, 0.1) is 0 Å². The first-order chi connectivity index (χ1) is 6.00. The quantitative estimate of drug-likeness (QED) is 0.252. The van der Waals surface area contributed by atoms with E-state index in [2.05, 4.69) is 0 Å². The molecule has 0 aromatic heterocycles. The summed E-state index contributed by atoms with van der Waals surface area (Å²) in [6, 6.07) is 0. The second-order valence-corrected chi connectivity index (χ2v) is 4.02. The van der Waals surface area contributed by atoms with Crippen molar-refractivity contribution in [3.8, 4) is 0 Å². The molecular weight excluding hydrogens is 557 g/mol. The van der Waals surface area contributed by atoms with E-state index in [1.807, 2.05) is 0 Å². The molecular formula is O12P3TaZr. The van der Waals surface area contributed by atoms with Gasteiger partial charge in [0.1, 0.15) is 0 Å². The van der Waals surface area contributed by atoms with Gasteiger partial charge in [-0.05, 0) is 0 Å². The standard InChI is InChI=1S/3H3O4P.Ta.Zr/c3*1-5(2,3)4;;/h3*(H3,1,2,3,4);;/q;;;+5;+4/p-9. The van der Waals surface area contributed by atoms with Gasteiger partial charge in [0.25, 0.3) is 0 Å². The first kappa shape index (κ1) is 31.4. The monoisotopic (exact) mass is 556 g/mol. The molecule has 17 heteroatoms. The van der Waals surface area contributed by atoms with Crippen LogP contribution in [0.2, 0.25) is 0 Å². The molecule has 0 heterocycles. The molecule has 0 spiro atoms. The summed E-state index contributed by atoms with van der Waals surface area (Å²) in [6.45, 7) is 0. The maximum Gasteiger partial charge on any atom is 5.00 e. The summed E-state index contributed by atoms with van der Waals surface area (Å²) in [5.74, 6) is 0. The topological polar surface area (TPSA) is 259 Å². The van der Waals surface area contributed by atoms with E-state index in [9.17, 15) is 0 Å². The van der Waals surface area contributed by atoms with Gasteiger partial charge >= 0.3 is 48.6 Å². The molecule has 0 aromatic rings. The molecule has 0 saturated carbocycles. The molecule has 0 amide bonds. The smallest absolute Gasteiger partial charge is 0.822 e. The van der Waals surface area contributed by atoms with E-state index in [4.69, 9.17) is 57.7 Å². The molecule has 0 saturated heterocycles. The Balaban J connectivity index is -0.0000000400. The van der Waals surface area contributed by atoms with Crippen molar-refractivity contribution < 1.29 is 106 Å². The first-order valence-corrected chi connectivity index (χ1v) is 6.57. The van der Waals surface area contributed by atoms with Crippen molar-refractivity contribution >= 4 is 23.5 Å². The maximum absolute atomic E-state index is 8.55. The number of hydrogen-bond acceptors (Lipinski definition) is 12. The zero-order chi connectivity index (χ0) is 13.5. The molecule has 0 bridgehead atoms. The molecule has 0 aliphatic rings. The molecule has 96 valence electrons. The van der Waals surface area contributed by atoms with Crippen molar-refractivity contribution in [2.24, 2.45) is 0 Å². The fourth-order valence-electron chi connectivity index (χ4n) is 0. The fraction of sp³-hybridized carbons (Fsp3) is 0. The molecule has 0 atom stereocenters. The minimum atomic E-state index is -5.39. The van der Waals surface area contributed by atoms with Crippen LogP contribution in [-0.2, 0) is 62.3 Å². The van der Waals surface area contributed by atoms with Crippen molar-refractivity contribution in [1.82, 2.24) is 0 Å². The molecule has 0 fully saturated rings. The van der Waals surface area contributed by atoms with E-state index < -0.39 is 23.5 Å². The molecule has 12 nitrogen and oxygen atoms in total. The van der Waals surface area contributed by atoms with Crippen molar-refractivity contribution in [3.05, 3.63) is 0 Å². The molecule has 0 aromatic carbocycles. The second kappa shape index (κ2) is 13.0. The van der Waals surface area contributed by atoms with E-state index >= 15 is 0 Å². The Morgan fingerprint density at radius 1 is 0.471 bits per heavy atom. The Bertz CT molecular complexity index is 208. The predicted octanol–water partition coefficient (Wildman–Crippen LogP) is -8.48. The zero-order valence-corrected chi connectivity index (χ0v) is 15.5. The van der Waals surface area contributed by atoms with E-state index in [0.29, 0.717) is 0 Å². The van der Waals surface area contributed by atoms with Crippen LogP contribution in [0.1, 0.15) is 0 Å². The van der Waals surface area contributed by atoms with Gasteiger partial charge < -0.3 is 57.7 Å². The summed E-state index contributed by atoms with van der Waals surface area (Å²) in [5, 5.41) is 0. The maximum atomic E-state index is 8.55. The Morgan fingerprint density at radius 3 is 0.471 bits per heavy atom. The second-order valence-electron chi connectivity index (χ2n) is 1.34. The van der Waals surface area contributed by atoms with Gasteiger partial charge in [-0.3, -0.25) is 0 Å². The van der Waals surface area contributed by atoms with Gasteiger partial charge in [-0.25, -0.2) is 0 Å². The van der Waals surface area contributed by atoms with Crippen LogP contribution >= 0.6 is 23.5 Å². The Hall–Kier alpha value is 1.95. The molecule has 0 N–H and O–H groups in total. The van der Waals surface area contributed by atoms with Gasteiger partial charge in [0.2, 0.25) is 0 Å². The summed E-state index contributed by atoms with van der Waals surface area (Å²) >= 11 is 0. The van der Waals surface area contributed by atoms with Crippen LogP contribution in [0.5, 0.6) is 0 Å². The third-order valence-corrected chi connectivity index (χ3v) is 0. The number of hydrogen-bond donors (Lipinski definition) is 0. The number of rotatable bonds is 0. The molecule has 0 aliphatic heterocycles. The van der Waals surface area contributed by atoms with Gasteiger partial charge in [0.15, 0.2) is 0 Å². The van der Waals surface area contributed by atoms with E-state index in [0.717, 1.165) is 0 Å². The third kappa shape index (κ3) is 1200. The third-order valence-electron chi connectivity index (χ3n) is 0. The van der Waals surface area contributed by atoms with Crippen molar-refractivity contribution in [3.63, 3.8) is 0 Å². The summed E-state index contributed by atoms with van der Waals surface area (Å²) in [5.41, 5.74) is 0. The number of phosphoric acid groups is 3. The van der Waals surface area contributed by atoms with E-state index in [1.165, 1.54) is 0 Å². The van der Waals surface area contributed by atoms with Crippen LogP contribution in [0.15, 0.2) is 0 Å². The summed E-state index contributed by atoms with van der Waals surface area (Å²) < 4.78 is 25.6. The van der Waals surface area contributed by atoms with Crippen molar-refractivity contribution in [2.75, 3.05) is 0 Å². The van der Waals surface area contributed by atoms with Crippen LogP contribution in [0, 0.1) is 0 Å². The van der Waals surface area contributed by atoms with Gasteiger partial charge in [-0.15, -0.1) is 0 Å². The molecule has 17 heavy (non-hydrogen) atoms. The van der Waals surface area contributed by atoms with Crippen molar-refractivity contribution in [1.29, 1.82) is 0 Å². The van der Waals surface area contributed by atoms with E-state index in [1.54, 1.807) is 0 Å². The molecule has 0 radical (unpaired) electrons. The van der Waals surface area contributed by atoms with Crippen LogP contribution < -0.4 is 44.0 Å². The predicted molar refractivity (Wildman–Crippen MR) is 22.8 cm³/mol. The largest absolute Gasteiger partial charge is 5.00 e. The van der Waals surface area contributed by atoms with Crippen molar-refractivity contribution in [2.45, 2.75) is 0 Å². The fourth-order valence-corrected chi connectivity index (χ4v) is 0. The molecule has 0 unspecified atom stereocenters. The average Bonchev–Trinajstić information content (AvgIpc) is 1.41. The van der Waals surface area contributed by atoms with Crippen LogP contribution in [0.3, 0.4) is 0 Å². The Labute approximate surface area is 129 Å². The van der Waals surface area contributed by atoms with Gasteiger partial charge in [0, 0.05) is 0 Å². The van der Waals surface area contributed by atoms with Crippen LogP contribution in [-0.4, -0.2) is 0 Å².